The maximum atomic E-state index is 12.5. The van der Waals surface area contributed by atoms with Crippen molar-refractivity contribution in [1.29, 1.82) is 0 Å². The lowest BCUT2D eigenvalue weighted by Gasteiger charge is -2.05. The minimum atomic E-state index is 0.0120. The first kappa shape index (κ1) is 16.7. The molecular weight excluding hydrogens is 308 g/mol. The number of methoxy groups -OCH3 is 1. The van der Waals surface area contributed by atoms with Crippen molar-refractivity contribution in [2.75, 3.05) is 7.11 Å². The summed E-state index contributed by atoms with van der Waals surface area (Å²) in [5.74, 6) is 0.756. The average molecular weight is 328 g/mol. The number of ketones is 1. The number of ether oxygens (including phenoxy) is 1. The minimum absolute atomic E-state index is 0.0120. The molecule has 3 rings (SSSR count). The Morgan fingerprint density at radius 1 is 0.760 bits per heavy atom. The number of carbonyl (C=O) groups is 1. The van der Waals surface area contributed by atoms with Gasteiger partial charge in [-0.05, 0) is 47.9 Å². The van der Waals surface area contributed by atoms with E-state index in [-0.39, 0.29) is 5.78 Å². The molecule has 0 unspecified atom stereocenters. The summed E-state index contributed by atoms with van der Waals surface area (Å²) in [6.07, 6.45) is 2.12. The van der Waals surface area contributed by atoms with E-state index < -0.39 is 0 Å². The fourth-order valence-electron chi connectivity index (χ4n) is 2.67. The summed E-state index contributed by atoms with van der Waals surface area (Å²) in [6.45, 7) is 2.09. The first-order valence-electron chi connectivity index (χ1n) is 8.20. The van der Waals surface area contributed by atoms with E-state index in [9.17, 15) is 4.79 Å². The Morgan fingerprint density at radius 3 is 1.88 bits per heavy atom. The summed E-state index contributed by atoms with van der Waals surface area (Å²) >= 11 is 0. The van der Waals surface area contributed by atoms with E-state index >= 15 is 0 Å². The van der Waals surface area contributed by atoms with Crippen LogP contribution in [-0.4, -0.2) is 12.9 Å². The number of rotatable bonds is 5. The number of carbonyl (C=O) groups excluding carboxylic acids is 1. The molecular formula is C23H20O2. The Morgan fingerprint density at radius 2 is 1.32 bits per heavy atom. The van der Waals surface area contributed by atoms with Crippen molar-refractivity contribution >= 4 is 17.4 Å². The Bertz CT molecular complexity index is 874. The molecule has 25 heavy (non-hydrogen) atoms. The largest absolute Gasteiger partial charge is 0.497 e. The van der Waals surface area contributed by atoms with Crippen LogP contribution in [0.5, 0.6) is 5.75 Å². The van der Waals surface area contributed by atoms with E-state index in [4.69, 9.17) is 4.74 Å². The summed E-state index contributed by atoms with van der Waals surface area (Å²) in [5, 5.41) is 0. The molecule has 0 saturated heterocycles. The predicted octanol–water partition coefficient (Wildman–Crippen LogP) is 5.49. The highest BCUT2D eigenvalue weighted by molar-refractivity contribution is 6.09. The zero-order chi connectivity index (χ0) is 17.6. The van der Waals surface area contributed by atoms with Gasteiger partial charge in [0, 0.05) is 11.1 Å². The molecule has 0 atom stereocenters. The molecule has 0 N–H and O–H groups in total. The highest BCUT2D eigenvalue weighted by Crippen LogP contribution is 2.19. The van der Waals surface area contributed by atoms with Crippen LogP contribution in [0.15, 0.2) is 78.9 Å². The molecule has 0 fully saturated rings. The Labute approximate surface area is 148 Å². The quantitative estimate of drug-likeness (QED) is 0.457. The van der Waals surface area contributed by atoms with E-state index in [0.717, 1.165) is 11.3 Å². The maximum absolute atomic E-state index is 12.5. The molecule has 0 saturated carbocycles. The normalized spacial score (nSPS) is 11.2. The van der Waals surface area contributed by atoms with E-state index in [2.05, 4.69) is 25.1 Å². The van der Waals surface area contributed by atoms with Crippen molar-refractivity contribution in [3.63, 3.8) is 0 Å². The molecule has 3 aromatic rings. The van der Waals surface area contributed by atoms with Crippen molar-refractivity contribution in [3.05, 3.63) is 101 Å². The highest BCUT2D eigenvalue weighted by atomic mass is 16.5. The van der Waals surface area contributed by atoms with Crippen LogP contribution in [0, 0.1) is 0 Å². The molecule has 0 aliphatic carbocycles. The van der Waals surface area contributed by atoms with E-state index in [1.165, 1.54) is 11.1 Å². The molecule has 0 aromatic heterocycles. The lowest BCUT2D eigenvalue weighted by atomic mass is 10.00. The second-order valence-corrected chi connectivity index (χ2v) is 5.87. The van der Waals surface area contributed by atoms with Gasteiger partial charge in [0.15, 0.2) is 5.78 Å². The van der Waals surface area contributed by atoms with Crippen molar-refractivity contribution in [2.24, 2.45) is 0 Å². The van der Waals surface area contributed by atoms with Gasteiger partial charge in [-0.2, -0.15) is 0 Å². The molecule has 0 heterocycles. The van der Waals surface area contributed by atoms with Crippen molar-refractivity contribution in [3.8, 4) is 5.75 Å². The highest BCUT2D eigenvalue weighted by Gasteiger charge is 2.08. The van der Waals surface area contributed by atoms with Crippen LogP contribution in [0.1, 0.15) is 34.0 Å². The fraction of sp³-hybridized carbons (Fsp3) is 0.0870. The van der Waals surface area contributed by atoms with E-state index in [1.807, 2.05) is 42.5 Å². The third-order valence-electron chi connectivity index (χ3n) is 4.14. The average Bonchev–Trinajstić information content (AvgIpc) is 2.69. The first-order chi connectivity index (χ1) is 12.2. The lowest BCUT2D eigenvalue weighted by molar-refractivity contribution is 0.103. The van der Waals surface area contributed by atoms with Crippen LogP contribution >= 0.6 is 0 Å². The first-order valence-corrected chi connectivity index (χ1v) is 8.20. The van der Waals surface area contributed by atoms with Crippen LogP contribution in [0.3, 0.4) is 0 Å². The second-order valence-electron chi connectivity index (χ2n) is 5.87. The smallest absolute Gasteiger partial charge is 0.193 e. The van der Waals surface area contributed by atoms with Gasteiger partial charge in [-0.3, -0.25) is 4.79 Å². The Balaban J connectivity index is 1.78. The summed E-state index contributed by atoms with van der Waals surface area (Å²) < 4.78 is 5.13. The molecule has 0 aliphatic rings. The zero-order valence-corrected chi connectivity index (χ0v) is 14.4. The second kappa shape index (κ2) is 7.63. The van der Waals surface area contributed by atoms with Crippen molar-refractivity contribution in [2.45, 2.75) is 6.92 Å². The molecule has 2 heteroatoms. The van der Waals surface area contributed by atoms with Gasteiger partial charge >= 0.3 is 0 Å². The summed E-state index contributed by atoms with van der Waals surface area (Å²) in [7, 11) is 1.61. The maximum Gasteiger partial charge on any atom is 0.193 e. The molecule has 0 bridgehead atoms. The van der Waals surface area contributed by atoms with Crippen molar-refractivity contribution in [1.82, 2.24) is 0 Å². The third-order valence-corrected chi connectivity index (χ3v) is 4.14. The van der Waals surface area contributed by atoms with E-state index in [0.29, 0.717) is 11.1 Å². The number of benzene rings is 3. The predicted molar refractivity (Wildman–Crippen MR) is 103 cm³/mol. The minimum Gasteiger partial charge on any atom is -0.497 e. The van der Waals surface area contributed by atoms with Crippen LogP contribution in [-0.2, 0) is 0 Å². The molecule has 3 aromatic carbocycles. The standard InChI is InChI=1S/C23H20O2/c1-17(19-6-4-3-5-7-19)16-18-8-10-20(11-9-18)23(24)21-12-14-22(25-2)15-13-21/h3-16H,1-2H3/b17-16+. The lowest BCUT2D eigenvalue weighted by Crippen LogP contribution is -2.01. The Hall–Kier alpha value is -3.13. The number of allylic oxidation sites excluding steroid dienone is 1. The van der Waals surface area contributed by atoms with E-state index in [1.54, 1.807) is 31.4 Å². The molecule has 124 valence electrons. The summed E-state index contributed by atoms with van der Waals surface area (Å²) in [5.41, 5.74) is 4.80. The topological polar surface area (TPSA) is 26.3 Å². The number of hydrogen-bond acceptors (Lipinski definition) is 2. The van der Waals surface area contributed by atoms with Crippen LogP contribution in [0.25, 0.3) is 11.6 Å². The SMILES string of the molecule is COc1ccc(C(=O)c2ccc(/C=C(\C)c3ccccc3)cc2)cc1. The van der Waals surface area contributed by atoms with Crippen LogP contribution < -0.4 is 4.74 Å². The third kappa shape index (κ3) is 4.04. The van der Waals surface area contributed by atoms with Crippen LogP contribution in [0.2, 0.25) is 0 Å². The summed E-state index contributed by atoms with van der Waals surface area (Å²) in [6, 6.07) is 25.1. The monoisotopic (exact) mass is 328 g/mol. The molecule has 0 aliphatic heterocycles. The van der Waals surface area contributed by atoms with Gasteiger partial charge in [0.1, 0.15) is 5.75 Å². The van der Waals surface area contributed by atoms with Gasteiger partial charge in [-0.1, -0.05) is 60.7 Å². The van der Waals surface area contributed by atoms with Gasteiger partial charge in [-0.25, -0.2) is 0 Å². The summed E-state index contributed by atoms with van der Waals surface area (Å²) in [4.78, 5) is 12.5. The number of hydrogen-bond donors (Lipinski definition) is 0. The molecule has 0 amide bonds. The van der Waals surface area contributed by atoms with Crippen LogP contribution in [0.4, 0.5) is 0 Å². The zero-order valence-electron chi connectivity index (χ0n) is 14.4. The molecule has 0 spiro atoms. The molecule has 2 nitrogen and oxygen atoms in total. The van der Waals surface area contributed by atoms with Gasteiger partial charge in [0.05, 0.1) is 7.11 Å². The van der Waals surface area contributed by atoms with Gasteiger partial charge in [0.25, 0.3) is 0 Å². The Kier molecular flexibility index (Phi) is 5.10. The van der Waals surface area contributed by atoms with Gasteiger partial charge in [0.2, 0.25) is 0 Å². The van der Waals surface area contributed by atoms with Gasteiger partial charge in [-0.15, -0.1) is 0 Å². The molecule has 0 radical (unpaired) electrons. The van der Waals surface area contributed by atoms with Crippen molar-refractivity contribution < 1.29 is 9.53 Å². The van der Waals surface area contributed by atoms with Gasteiger partial charge < -0.3 is 4.74 Å². The fourth-order valence-corrected chi connectivity index (χ4v) is 2.67.